The normalized spacial score (nSPS) is 16.0. The van der Waals surface area contributed by atoms with E-state index >= 15 is 0 Å². The third kappa shape index (κ3) is 4.12. The van der Waals surface area contributed by atoms with Gasteiger partial charge in [0.2, 0.25) is 0 Å². The standard InChI is InChI=1S/C24H22N2O4/c1-16-21(23(27)30-15-14-29-18-10-3-2-4-11-18)22(26-24(28)25-16)20-13-7-9-17-8-5-6-12-19(17)20/h2-13,22H,14-15H2,1H3,(H2,25,26,28)/t22-/m1/s1. The SMILES string of the molecule is CC1=C(C(=O)OCCOc2ccccc2)[C@@H](c2cccc3ccccc23)NC(=O)N1. The fourth-order valence-electron chi connectivity index (χ4n) is 3.59. The molecule has 3 aromatic carbocycles. The highest BCUT2D eigenvalue weighted by Gasteiger charge is 2.33. The largest absolute Gasteiger partial charge is 0.490 e. The number of carbonyl (C=O) groups is 2. The number of rotatable bonds is 6. The number of benzene rings is 3. The lowest BCUT2D eigenvalue weighted by atomic mass is 9.91. The van der Waals surface area contributed by atoms with Crippen molar-refractivity contribution in [2.75, 3.05) is 13.2 Å². The molecule has 2 amide bonds. The van der Waals surface area contributed by atoms with Crippen molar-refractivity contribution in [3.8, 4) is 5.75 Å². The molecule has 30 heavy (non-hydrogen) atoms. The van der Waals surface area contributed by atoms with Crippen LogP contribution in [-0.2, 0) is 9.53 Å². The van der Waals surface area contributed by atoms with Gasteiger partial charge in [-0.2, -0.15) is 0 Å². The summed E-state index contributed by atoms with van der Waals surface area (Å²) < 4.78 is 11.0. The second-order valence-corrected chi connectivity index (χ2v) is 6.94. The van der Waals surface area contributed by atoms with Gasteiger partial charge in [-0.25, -0.2) is 9.59 Å². The van der Waals surface area contributed by atoms with Gasteiger partial charge in [0.25, 0.3) is 0 Å². The number of fused-ring (bicyclic) bond motifs is 1. The van der Waals surface area contributed by atoms with Crippen LogP contribution in [0, 0.1) is 0 Å². The molecule has 6 nitrogen and oxygen atoms in total. The van der Waals surface area contributed by atoms with Gasteiger partial charge in [-0.15, -0.1) is 0 Å². The number of ether oxygens (including phenoxy) is 2. The smallest absolute Gasteiger partial charge is 0.338 e. The first-order valence-electron chi connectivity index (χ1n) is 9.74. The Morgan fingerprint density at radius 2 is 1.67 bits per heavy atom. The van der Waals surface area contributed by atoms with Crippen LogP contribution in [0.5, 0.6) is 5.75 Å². The minimum Gasteiger partial charge on any atom is -0.490 e. The lowest BCUT2D eigenvalue weighted by Crippen LogP contribution is -2.45. The van der Waals surface area contributed by atoms with Crippen LogP contribution >= 0.6 is 0 Å². The van der Waals surface area contributed by atoms with Crippen LogP contribution in [0.25, 0.3) is 10.8 Å². The van der Waals surface area contributed by atoms with Crippen LogP contribution < -0.4 is 15.4 Å². The first kappa shape index (κ1) is 19.5. The maximum Gasteiger partial charge on any atom is 0.338 e. The number of hydrogen-bond donors (Lipinski definition) is 2. The zero-order valence-corrected chi connectivity index (χ0v) is 16.6. The van der Waals surface area contributed by atoms with Crippen molar-refractivity contribution in [1.29, 1.82) is 0 Å². The number of esters is 1. The molecule has 1 aliphatic rings. The molecule has 0 saturated heterocycles. The Morgan fingerprint density at radius 1 is 0.933 bits per heavy atom. The van der Waals surface area contributed by atoms with Gasteiger partial charge in [0, 0.05) is 5.70 Å². The quantitative estimate of drug-likeness (QED) is 0.481. The molecule has 0 unspecified atom stereocenters. The van der Waals surface area contributed by atoms with E-state index in [0.29, 0.717) is 17.0 Å². The Labute approximate surface area is 174 Å². The Hall–Kier alpha value is -3.80. The summed E-state index contributed by atoms with van der Waals surface area (Å²) in [5, 5.41) is 7.54. The van der Waals surface area contributed by atoms with E-state index < -0.39 is 12.0 Å². The van der Waals surface area contributed by atoms with Gasteiger partial charge in [0.05, 0.1) is 11.6 Å². The van der Waals surface area contributed by atoms with Crippen molar-refractivity contribution < 1.29 is 19.1 Å². The monoisotopic (exact) mass is 402 g/mol. The van der Waals surface area contributed by atoms with Gasteiger partial charge in [-0.3, -0.25) is 0 Å². The predicted octanol–water partition coefficient (Wildman–Crippen LogP) is 4.09. The summed E-state index contributed by atoms with van der Waals surface area (Å²) in [6.45, 7) is 2.04. The van der Waals surface area contributed by atoms with Gasteiger partial charge < -0.3 is 20.1 Å². The van der Waals surface area contributed by atoms with E-state index in [1.165, 1.54) is 0 Å². The average Bonchev–Trinajstić information content (AvgIpc) is 2.76. The van der Waals surface area contributed by atoms with Crippen molar-refractivity contribution in [3.63, 3.8) is 0 Å². The molecule has 3 aromatic rings. The van der Waals surface area contributed by atoms with E-state index in [2.05, 4.69) is 10.6 Å². The lowest BCUT2D eigenvalue weighted by molar-refractivity contribution is -0.140. The fraction of sp³-hybridized carbons (Fsp3) is 0.167. The second-order valence-electron chi connectivity index (χ2n) is 6.94. The van der Waals surface area contributed by atoms with Crippen molar-refractivity contribution >= 4 is 22.8 Å². The van der Waals surface area contributed by atoms with Gasteiger partial charge in [-0.1, -0.05) is 60.7 Å². The van der Waals surface area contributed by atoms with Gasteiger partial charge in [-0.05, 0) is 35.4 Å². The summed E-state index contributed by atoms with van der Waals surface area (Å²) in [4.78, 5) is 25.1. The van der Waals surface area contributed by atoms with Gasteiger partial charge >= 0.3 is 12.0 Å². The number of amides is 2. The Balaban J connectivity index is 1.54. The van der Waals surface area contributed by atoms with E-state index in [1.807, 2.05) is 72.8 Å². The van der Waals surface area contributed by atoms with Crippen molar-refractivity contribution in [3.05, 3.63) is 89.6 Å². The number of nitrogens with one attached hydrogen (secondary N) is 2. The molecule has 1 heterocycles. The summed E-state index contributed by atoms with van der Waals surface area (Å²) in [5.74, 6) is 0.221. The van der Waals surface area contributed by atoms with Crippen molar-refractivity contribution in [1.82, 2.24) is 10.6 Å². The third-order valence-electron chi connectivity index (χ3n) is 4.95. The summed E-state index contributed by atoms with van der Waals surface area (Å²) in [6.07, 6.45) is 0. The first-order chi connectivity index (χ1) is 14.6. The van der Waals surface area contributed by atoms with E-state index in [0.717, 1.165) is 16.3 Å². The molecule has 0 radical (unpaired) electrons. The summed E-state index contributed by atoms with van der Waals surface area (Å²) in [7, 11) is 0. The zero-order chi connectivity index (χ0) is 20.9. The minimum atomic E-state index is -0.604. The van der Waals surface area contributed by atoms with Crippen molar-refractivity contribution in [2.24, 2.45) is 0 Å². The number of hydrogen-bond acceptors (Lipinski definition) is 4. The molecular formula is C24H22N2O4. The Morgan fingerprint density at radius 3 is 2.50 bits per heavy atom. The summed E-state index contributed by atoms with van der Waals surface area (Å²) in [5.41, 5.74) is 1.70. The fourth-order valence-corrected chi connectivity index (χ4v) is 3.59. The van der Waals surface area contributed by atoms with E-state index in [9.17, 15) is 9.59 Å². The zero-order valence-electron chi connectivity index (χ0n) is 16.6. The van der Waals surface area contributed by atoms with Crippen LogP contribution in [0.3, 0.4) is 0 Å². The molecule has 2 N–H and O–H groups in total. The first-order valence-corrected chi connectivity index (χ1v) is 9.74. The van der Waals surface area contributed by atoms with Gasteiger partial charge in [0.15, 0.2) is 0 Å². The van der Waals surface area contributed by atoms with Crippen LogP contribution in [0.4, 0.5) is 4.79 Å². The van der Waals surface area contributed by atoms with Crippen LogP contribution in [0.2, 0.25) is 0 Å². The highest BCUT2D eigenvalue weighted by Crippen LogP contribution is 2.32. The Bertz CT molecular complexity index is 1100. The molecule has 4 rings (SSSR count). The number of carbonyl (C=O) groups excluding carboxylic acids is 2. The molecule has 6 heteroatoms. The predicted molar refractivity (Wildman–Crippen MR) is 114 cm³/mol. The van der Waals surface area contributed by atoms with E-state index in [-0.39, 0.29) is 19.2 Å². The summed E-state index contributed by atoms with van der Waals surface area (Å²) >= 11 is 0. The third-order valence-corrected chi connectivity index (χ3v) is 4.95. The van der Waals surface area contributed by atoms with Crippen molar-refractivity contribution in [2.45, 2.75) is 13.0 Å². The maximum absolute atomic E-state index is 12.9. The van der Waals surface area contributed by atoms with Crippen LogP contribution in [-0.4, -0.2) is 25.2 Å². The molecule has 0 aliphatic carbocycles. The molecule has 152 valence electrons. The molecule has 0 bridgehead atoms. The maximum atomic E-state index is 12.9. The average molecular weight is 402 g/mol. The topological polar surface area (TPSA) is 76.7 Å². The van der Waals surface area contributed by atoms with E-state index in [4.69, 9.17) is 9.47 Å². The van der Waals surface area contributed by atoms with Crippen LogP contribution in [0.1, 0.15) is 18.5 Å². The summed E-state index contributed by atoms with van der Waals surface area (Å²) in [6, 6.07) is 22.1. The lowest BCUT2D eigenvalue weighted by Gasteiger charge is -2.29. The molecule has 1 atom stereocenters. The number of urea groups is 1. The minimum absolute atomic E-state index is 0.0979. The molecule has 0 aromatic heterocycles. The number of allylic oxidation sites excluding steroid dienone is 1. The van der Waals surface area contributed by atoms with E-state index in [1.54, 1.807) is 6.92 Å². The van der Waals surface area contributed by atoms with Gasteiger partial charge in [0.1, 0.15) is 19.0 Å². The number of para-hydroxylation sites is 1. The highest BCUT2D eigenvalue weighted by molar-refractivity contribution is 5.97. The van der Waals surface area contributed by atoms with Crippen LogP contribution in [0.15, 0.2) is 84.1 Å². The molecule has 0 saturated carbocycles. The molecule has 0 spiro atoms. The molecular weight excluding hydrogens is 380 g/mol. The second kappa shape index (κ2) is 8.69. The molecule has 1 aliphatic heterocycles. The highest BCUT2D eigenvalue weighted by atomic mass is 16.6. The Kier molecular flexibility index (Phi) is 5.66. The molecule has 0 fully saturated rings.